The second-order valence-electron chi connectivity index (χ2n) is 7.91. The van der Waals surface area contributed by atoms with Crippen molar-refractivity contribution in [3.63, 3.8) is 0 Å². The van der Waals surface area contributed by atoms with E-state index in [0.29, 0.717) is 12.5 Å². The number of carbonyl (C=O) groups excluding carboxylic acids is 1. The van der Waals surface area contributed by atoms with Crippen LogP contribution in [0.15, 0.2) is 47.6 Å². The lowest BCUT2D eigenvalue weighted by molar-refractivity contribution is -0.119. The van der Waals surface area contributed by atoms with Gasteiger partial charge in [0, 0.05) is 61.1 Å². The summed E-state index contributed by atoms with van der Waals surface area (Å²) in [7, 11) is 0. The minimum atomic E-state index is -0.220. The van der Waals surface area contributed by atoms with Gasteiger partial charge in [0.2, 0.25) is 5.91 Å². The van der Waals surface area contributed by atoms with Crippen molar-refractivity contribution < 1.29 is 4.79 Å². The lowest BCUT2D eigenvalue weighted by Gasteiger charge is -2.42. The number of aryl methyl sites for hydroxylation is 1. The van der Waals surface area contributed by atoms with Crippen molar-refractivity contribution in [2.75, 3.05) is 24.2 Å². The van der Waals surface area contributed by atoms with E-state index in [1.165, 1.54) is 21.7 Å². The number of piperidine rings is 1. The summed E-state index contributed by atoms with van der Waals surface area (Å²) in [5.41, 5.74) is 9.20. The van der Waals surface area contributed by atoms with Crippen LogP contribution >= 0.6 is 11.8 Å². The van der Waals surface area contributed by atoms with E-state index < -0.39 is 0 Å². The molecular formula is C23H32N4OS. The van der Waals surface area contributed by atoms with E-state index in [1.807, 2.05) is 12.4 Å². The number of thioether (sulfide) groups is 1. The van der Waals surface area contributed by atoms with Gasteiger partial charge in [0.15, 0.2) is 0 Å². The zero-order chi connectivity index (χ0) is 20.8. The van der Waals surface area contributed by atoms with E-state index in [9.17, 15) is 4.79 Å². The summed E-state index contributed by atoms with van der Waals surface area (Å²) >= 11 is 1.77. The Morgan fingerprint density at radius 1 is 1.28 bits per heavy atom. The Labute approximate surface area is 178 Å². The van der Waals surface area contributed by atoms with E-state index in [4.69, 9.17) is 5.73 Å². The van der Waals surface area contributed by atoms with Crippen molar-refractivity contribution in [1.29, 1.82) is 0 Å². The Bertz CT molecular complexity index is 803. The van der Waals surface area contributed by atoms with Crippen LogP contribution in [0.3, 0.4) is 0 Å². The van der Waals surface area contributed by atoms with Crippen LogP contribution in [-0.2, 0) is 11.3 Å². The Morgan fingerprint density at radius 2 is 1.97 bits per heavy atom. The quantitative estimate of drug-likeness (QED) is 0.668. The number of anilines is 1. The van der Waals surface area contributed by atoms with E-state index in [2.05, 4.69) is 65.2 Å². The highest BCUT2D eigenvalue weighted by molar-refractivity contribution is 7.98. The van der Waals surface area contributed by atoms with Crippen LogP contribution in [0.4, 0.5) is 5.69 Å². The first-order chi connectivity index (χ1) is 14.0. The average molecular weight is 413 g/mol. The van der Waals surface area contributed by atoms with Gasteiger partial charge in [-0.2, -0.15) is 0 Å². The third kappa shape index (κ3) is 5.73. The van der Waals surface area contributed by atoms with Gasteiger partial charge in [-0.15, -0.1) is 11.8 Å². The van der Waals surface area contributed by atoms with Crippen LogP contribution in [0.5, 0.6) is 0 Å². The minimum absolute atomic E-state index is 0.211. The molecule has 1 aromatic heterocycles. The Morgan fingerprint density at radius 3 is 2.55 bits per heavy atom. The molecule has 1 aliphatic heterocycles. The maximum Gasteiger partial charge on any atom is 0.218 e. The molecule has 0 aliphatic carbocycles. The summed E-state index contributed by atoms with van der Waals surface area (Å²) < 4.78 is 0. The monoisotopic (exact) mass is 412 g/mol. The number of hydrogen-bond acceptors (Lipinski definition) is 5. The molecule has 2 N–H and O–H groups in total. The predicted molar refractivity (Wildman–Crippen MR) is 121 cm³/mol. The van der Waals surface area contributed by atoms with Gasteiger partial charge in [-0.3, -0.25) is 14.7 Å². The van der Waals surface area contributed by atoms with Gasteiger partial charge in [0.1, 0.15) is 0 Å². The molecule has 1 aliphatic rings. The third-order valence-corrected chi connectivity index (χ3v) is 6.70. The SMILES string of the molecule is CSc1ccc(N(Cc2cnccc2C)C2CCN([C@H](C)CC(N)=O)CC2)cc1. The standard InChI is InChI=1S/C23H32N4OS/c1-17-8-11-25-15-19(17)16-27(20-4-6-22(29-3)7-5-20)21-9-12-26(13-10-21)18(2)14-23(24)28/h4-8,11,15,18,21H,9-10,12-14,16H2,1-3H3,(H2,24,28)/t18-/m1/s1. The first kappa shape index (κ1) is 21.7. The maximum atomic E-state index is 11.3. The van der Waals surface area contributed by atoms with Crippen LogP contribution in [0.25, 0.3) is 0 Å². The molecule has 1 amide bonds. The van der Waals surface area contributed by atoms with Crippen LogP contribution < -0.4 is 10.6 Å². The molecule has 0 saturated carbocycles. The van der Waals surface area contributed by atoms with Crippen LogP contribution in [0.2, 0.25) is 0 Å². The van der Waals surface area contributed by atoms with E-state index in [1.54, 1.807) is 11.8 Å². The van der Waals surface area contributed by atoms with Crippen molar-refractivity contribution in [1.82, 2.24) is 9.88 Å². The summed E-state index contributed by atoms with van der Waals surface area (Å²) in [5, 5.41) is 0. The van der Waals surface area contributed by atoms with E-state index >= 15 is 0 Å². The van der Waals surface area contributed by atoms with E-state index in [0.717, 1.165) is 32.5 Å². The molecule has 156 valence electrons. The topological polar surface area (TPSA) is 62.5 Å². The number of nitrogens with zero attached hydrogens (tertiary/aromatic N) is 3. The van der Waals surface area contributed by atoms with Crippen LogP contribution in [0.1, 0.15) is 37.3 Å². The molecule has 6 heteroatoms. The number of rotatable bonds is 8. The molecule has 1 aromatic carbocycles. The molecule has 2 heterocycles. The molecule has 0 unspecified atom stereocenters. The fraction of sp³-hybridized carbons (Fsp3) is 0.478. The van der Waals surface area contributed by atoms with Crippen LogP contribution in [0, 0.1) is 6.92 Å². The summed E-state index contributed by atoms with van der Waals surface area (Å²) in [6.07, 6.45) is 8.53. The van der Waals surface area contributed by atoms with Crippen molar-refractivity contribution in [3.8, 4) is 0 Å². The molecule has 0 radical (unpaired) electrons. The number of hydrogen-bond donors (Lipinski definition) is 1. The third-order valence-electron chi connectivity index (χ3n) is 5.95. The van der Waals surface area contributed by atoms with Gasteiger partial charge in [0.05, 0.1) is 0 Å². The van der Waals surface area contributed by atoms with Gasteiger partial charge in [-0.25, -0.2) is 0 Å². The normalized spacial score (nSPS) is 16.5. The number of benzene rings is 1. The lowest BCUT2D eigenvalue weighted by Crippen LogP contribution is -2.48. The maximum absolute atomic E-state index is 11.3. The summed E-state index contributed by atoms with van der Waals surface area (Å²) in [6.45, 7) is 7.10. The smallest absolute Gasteiger partial charge is 0.218 e. The zero-order valence-corrected chi connectivity index (χ0v) is 18.5. The molecule has 0 spiro atoms. The van der Waals surface area contributed by atoms with E-state index in [-0.39, 0.29) is 11.9 Å². The van der Waals surface area contributed by atoms with Gasteiger partial charge >= 0.3 is 0 Å². The Kier molecular flexibility index (Phi) is 7.56. The molecule has 5 nitrogen and oxygen atoms in total. The van der Waals surface area contributed by atoms with Crippen LogP contribution in [-0.4, -0.2) is 47.2 Å². The van der Waals surface area contributed by atoms with Gasteiger partial charge in [-0.1, -0.05) is 0 Å². The number of nitrogens with two attached hydrogens (primary N) is 1. The van der Waals surface area contributed by atoms with Crippen molar-refractivity contribution in [2.45, 2.75) is 56.6 Å². The highest BCUT2D eigenvalue weighted by Crippen LogP contribution is 2.29. The second kappa shape index (κ2) is 10.1. The molecular weight excluding hydrogens is 380 g/mol. The van der Waals surface area contributed by atoms with Crippen molar-refractivity contribution in [3.05, 3.63) is 53.9 Å². The molecule has 3 rings (SSSR count). The minimum Gasteiger partial charge on any atom is -0.370 e. The molecule has 2 aromatic rings. The first-order valence-corrected chi connectivity index (χ1v) is 11.5. The molecule has 0 bridgehead atoms. The number of primary amides is 1. The first-order valence-electron chi connectivity index (χ1n) is 10.3. The fourth-order valence-corrected chi connectivity index (χ4v) is 4.52. The largest absolute Gasteiger partial charge is 0.370 e. The number of pyridine rings is 1. The highest BCUT2D eigenvalue weighted by atomic mass is 32.2. The Balaban J connectivity index is 1.76. The highest BCUT2D eigenvalue weighted by Gasteiger charge is 2.28. The van der Waals surface area contributed by atoms with Gasteiger partial charge < -0.3 is 10.6 Å². The van der Waals surface area contributed by atoms with Gasteiger partial charge in [0.25, 0.3) is 0 Å². The zero-order valence-electron chi connectivity index (χ0n) is 17.7. The molecule has 1 fully saturated rings. The number of amides is 1. The molecule has 1 saturated heterocycles. The van der Waals surface area contributed by atoms with Crippen molar-refractivity contribution in [2.24, 2.45) is 5.73 Å². The summed E-state index contributed by atoms with van der Waals surface area (Å²) in [6, 6.07) is 11.6. The number of aromatic nitrogens is 1. The fourth-order valence-electron chi connectivity index (χ4n) is 4.11. The molecule has 29 heavy (non-hydrogen) atoms. The summed E-state index contributed by atoms with van der Waals surface area (Å²) in [5.74, 6) is -0.220. The van der Waals surface area contributed by atoms with Crippen molar-refractivity contribution >= 4 is 23.4 Å². The Hall–Kier alpha value is -2.05. The second-order valence-corrected chi connectivity index (χ2v) is 8.79. The summed E-state index contributed by atoms with van der Waals surface area (Å²) in [4.78, 5) is 21.8. The predicted octanol–water partition coefficient (Wildman–Crippen LogP) is 3.85. The van der Waals surface area contributed by atoms with Gasteiger partial charge in [-0.05, 0) is 74.4 Å². The molecule has 1 atom stereocenters. The average Bonchev–Trinajstić information content (AvgIpc) is 2.73. The lowest BCUT2D eigenvalue weighted by atomic mass is 9.99. The number of carbonyl (C=O) groups is 1. The number of likely N-dealkylation sites (tertiary alicyclic amines) is 1.